The van der Waals surface area contributed by atoms with Gasteiger partial charge in [0.05, 0.1) is 5.69 Å². The molecule has 0 bridgehead atoms. The SMILES string of the molecule is Cc1cc2c(cc1C=Nc1ccc(Br)cc1)[C@H](C)CC(C)(C)N2C(C)C. The fraction of sp³-hybridized carbons (Fsp3) is 0.435. The summed E-state index contributed by atoms with van der Waals surface area (Å²) >= 11 is 3.47. The predicted molar refractivity (Wildman–Crippen MR) is 117 cm³/mol. The van der Waals surface area contributed by atoms with Crippen LogP contribution in [0.15, 0.2) is 45.9 Å². The van der Waals surface area contributed by atoms with Crippen molar-refractivity contribution in [2.45, 2.75) is 65.5 Å². The van der Waals surface area contributed by atoms with Crippen molar-refractivity contribution >= 4 is 33.5 Å². The molecule has 3 rings (SSSR count). The molecule has 1 heterocycles. The lowest BCUT2D eigenvalue weighted by atomic mass is 9.78. The van der Waals surface area contributed by atoms with Crippen LogP contribution in [-0.2, 0) is 0 Å². The van der Waals surface area contributed by atoms with Gasteiger partial charge in [-0.2, -0.15) is 0 Å². The van der Waals surface area contributed by atoms with Crippen LogP contribution in [0.2, 0.25) is 0 Å². The number of hydrogen-bond acceptors (Lipinski definition) is 2. The molecule has 2 nitrogen and oxygen atoms in total. The van der Waals surface area contributed by atoms with Gasteiger partial charge in [0.25, 0.3) is 0 Å². The second-order valence-corrected chi connectivity index (χ2v) is 9.30. The van der Waals surface area contributed by atoms with Crippen LogP contribution in [0.5, 0.6) is 0 Å². The van der Waals surface area contributed by atoms with Crippen LogP contribution < -0.4 is 4.90 Å². The van der Waals surface area contributed by atoms with Crippen LogP contribution in [0.25, 0.3) is 0 Å². The van der Waals surface area contributed by atoms with E-state index in [0.717, 1.165) is 10.2 Å². The van der Waals surface area contributed by atoms with Crippen molar-refractivity contribution in [3.63, 3.8) is 0 Å². The number of fused-ring (bicyclic) bond motifs is 1. The minimum atomic E-state index is 0.181. The molecule has 0 aliphatic carbocycles. The van der Waals surface area contributed by atoms with Gasteiger partial charge in [-0.1, -0.05) is 22.9 Å². The Labute approximate surface area is 166 Å². The number of benzene rings is 2. The lowest BCUT2D eigenvalue weighted by Crippen LogP contribution is -2.51. The summed E-state index contributed by atoms with van der Waals surface area (Å²) in [5.41, 5.74) is 6.48. The zero-order chi connectivity index (χ0) is 19.1. The number of rotatable bonds is 3. The molecule has 26 heavy (non-hydrogen) atoms. The molecule has 2 aromatic rings. The summed E-state index contributed by atoms with van der Waals surface area (Å²) in [6, 6.07) is 13.3. The van der Waals surface area contributed by atoms with E-state index in [9.17, 15) is 0 Å². The summed E-state index contributed by atoms with van der Waals surface area (Å²) in [6.45, 7) is 13.9. The van der Waals surface area contributed by atoms with Crippen molar-refractivity contribution < 1.29 is 0 Å². The maximum Gasteiger partial charge on any atom is 0.0630 e. The zero-order valence-corrected chi connectivity index (χ0v) is 18.3. The molecule has 1 atom stereocenters. The van der Waals surface area contributed by atoms with Crippen molar-refractivity contribution in [2.24, 2.45) is 4.99 Å². The molecule has 0 N–H and O–H groups in total. The molecular formula is C23H29BrN2. The van der Waals surface area contributed by atoms with E-state index >= 15 is 0 Å². The summed E-state index contributed by atoms with van der Waals surface area (Å²) in [4.78, 5) is 7.26. The smallest absolute Gasteiger partial charge is 0.0630 e. The van der Waals surface area contributed by atoms with Crippen LogP contribution >= 0.6 is 15.9 Å². The Hall–Kier alpha value is -1.61. The van der Waals surface area contributed by atoms with Crippen molar-refractivity contribution in [1.29, 1.82) is 0 Å². The molecule has 0 spiro atoms. The second-order valence-electron chi connectivity index (χ2n) is 8.38. The van der Waals surface area contributed by atoms with Crippen molar-refractivity contribution in [2.75, 3.05) is 4.90 Å². The van der Waals surface area contributed by atoms with Crippen molar-refractivity contribution in [3.05, 3.63) is 57.6 Å². The van der Waals surface area contributed by atoms with Crippen LogP contribution in [0.1, 0.15) is 63.6 Å². The number of aliphatic imine (C=N–C) groups is 1. The first-order valence-electron chi connectivity index (χ1n) is 9.42. The zero-order valence-electron chi connectivity index (χ0n) is 16.7. The molecule has 138 valence electrons. The van der Waals surface area contributed by atoms with E-state index in [1.165, 1.54) is 28.8 Å². The fourth-order valence-corrected chi connectivity index (χ4v) is 4.67. The fourth-order valence-electron chi connectivity index (χ4n) is 4.40. The highest BCUT2D eigenvalue weighted by atomic mass is 79.9. The van der Waals surface area contributed by atoms with Gasteiger partial charge in [0.15, 0.2) is 0 Å². The minimum Gasteiger partial charge on any atom is -0.364 e. The summed E-state index contributed by atoms with van der Waals surface area (Å²) in [7, 11) is 0. The molecule has 0 amide bonds. The average Bonchev–Trinajstić information content (AvgIpc) is 2.53. The summed E-state index contributed by atoms with van der Waals surface area (Å²) in [6.07, 6.45) is 3.18. The van der Waals surface area contributed by atoms with Gasteiger partial charge in [-0.05, 0) is 100 Å². The van der Waals surface area contributed by atoms with Crippen LogP contribution in [0.4, 0.5) is 11.4 Å². The number of anilines is 1. The molecule has 0 saturated heterocycles. The van der Waals surface area contributed by atoms with E-state index in [1.807, 2.05) is 30.5 Å². The molecule has 3 heteroatoms. The Morgan fingerprint density at radius 1 is 1.19 bits per heavy atom. The summed E-state index contributed by atoms with van der Waals surface area (Å²) in [5.74, 6) is 0.551. The molecule has 0 saturated carbocycles. The minimum absolute atomic E-state index is 0.181. The number of halogens is 1. The number of hydrogen-bond donors (Lipinski definition) is 0. The normalized spacial score (nSPS) is 19.2. The largest absolute Gasteiger partial charge is 0.364 e. The molecule has 0 aromatic heterocycles. The topological polar surface area (TPSA) is 15.6 Å². The van der Waals surface area contributed by atoms with Crippen LogP contribution in [0, 0.1) is 6.92 Å². The van der Waals surface area contributed by atoms with E-state index in [1.54, 1.807) is 0 Å². The lowest BCUT2D eigenvalue weighted by Gasteiger charge is -2.50. The van der Waals surface area contributed by atoms with E-state index in [0.29, 0.717) is 12.0 Å². The summed E-state index contributed by atoms with van der Waals surface area (Å²) in [5, 5.41) is 0. The van der Waals surface area contributed by atoms with Gasteiger partial charge < -0.3 is 4.90 Å². The third-order valence-corrected chi connectivity index (χ3v) is 5.89. The molecule has 0 unspecified atom stereocenters. The molecule has 2 aromatic carbocycles. The Morgan fingerprint density at radius 3 is 2.46 bits per heavy atom. The predicted octanol–water partition coefficient (Wildman–Crippen LogP) is 7.01. The Morgan fingerprint density at radius 2 is 1.85 bits per heavy atom. The molecule has 1 aliphatic rings. The third-order valence-electron chi connectivity index (χ3n) is 5.36. The second kappa shape index (κ2) is 7.19. The first-order valence-corrected chi connectivity index (χ1v) is 10.2. The molecule has 1 aliphatic heterocycles. The van der Waals surface area contributed by atoms with Gasteiger partial charge in [0.2, 0.25) is 0 Å². The monoisotopic (exact) mass is 412 g/mol. The maximum atomic E-state index is 4.68. The lowest BCUT2D eigenvalue weighted by molar-refractivity contribution is 0.356. The van der Waals surface area contributed by atoms with E-state index in [-0.39, 0.29) is 5.54 Å². The van der Waals surface area contributed by atoms with Crippen LogP contribution in [-0.4, -0.2) is 17.8 Å². The Kier molecular flexibility index (Phi) is 5.30. The number of aryl methyl sites for hydroxylation is 1. The maximum absolute atomic E-state index is 4.68. The number of nitrogens with zero attached hydrogens (tertiary/aromatic N) is 2. The first-order chi connectivity index (χ1) is 12.2. The molecule has 0 fully saturated rings. The Balaban J connectivity index is 2.01. The van der Waals surface area contributed by atoms with E-state index in [4.69, 9.17) is 0 Å². The van der Waals surface area contributed by atoms with Gasteiger partial charge in [0.1, 0.15) is 0 Å². The molecular weight excluding hydrogens is 384 g/mol. The highest BCUT2D eigenvalue weighted by molar-refractivity contribution is 9.10. The van der Waals surface area contributed by atoms with Crippen molar-refractivity contribution in [1.82, 2.24) is 0 Å². The van der Waals surface area contributed by atoms with E-state index in [2.05, 4.69) is 79.5 Å². The van der Waals surface area contributed by atoms with Gasteiger partial charge in [0, 0.05) is 28.0 Å². The van der Waals surface area contributed by atoms with Gasteiger partial charge >= 0.3 is 0 Å². The average molecular weight is 413 g/mol. The third kappa shape index (κ3) is 3.73. The first kappa shape index (κ1) is 19.2. The van der Waals surface area contributed by atoms with Gasteiger partial charge in [-0.25, -0.2) is 0 Å². The van der Waals surface area contributed by atoms with Crippen LogP contribution in [0.3, 0.4) is 0 Å². The van der Waals surface area contributed by atoms with Gasteiger partial charge in [-0.15, -0.1) is 0 Å². The standard InChI is InChI=1S/C23H29BrN2/c1-15(2)26-22-11-16(3)18(12-21(22)17(4)13-23(26,5)6)14-25-20-9-7-19(24)8-10-20/h7-12,14-15,17H,13H2,1-6H3/t17-/m1/s1. The van der Waals surface area contributed by atoms with E-state index < -0.39 is 0 Å². The molecule has 0 radical (unpaired) electrons. The highest BCUT2D eigenvalue weighted by Gasteiger charge is 2.37. The van der Waals surface area contributed by atoms with Crippen molar-refractivity contribution in [3.8, 4) is 0 Å². The highest BCUT2D eigenvalue weighted by Crippen LogP contribution is 2.45. The Bertz CT molecular complexity index is 819. The summed E-state index contributed by atoms with van der Waals surface area (Å²) < 4.78 is 1.08. The quantitative estimate of drug-likeness (QED) is 0.494. The van der Waals surface area contributed by atoms with Gasteiger partial charge in [-0.3, -0.25) is 4.99 Å².